The highest BCUT2D eigenvalue weighted by atomic mass is 16.5. The van der Waals surface area contributed by atoms with Crippen molar-refractivity contribution in [3.63, 3.8) is 0 Å². The highest BCUT2D eigenvalue weighted by molar-refractivity contribution is 5.61. The number of phenolic OH excluding ortho intramolecular Hbond substituents is 1. The summed E-state index contributed by atoms with van der Waals surface area (Å²) in [7, 11) is 0. The Morgan fingerprint density at radius 1 is 1.32 bits per heavy atom. The van der Waals surface area contributed by atoms with Crippen molar-refractivity contribution in [3.8, 4) is 11.5 Å². The van der Waals surface area contributed by atoms with Crippen LogP contribution >= 0.6 is 0 Å². The summed E-state index contributed by atoms with van der Waals surface area (Å²) < 4.78 is 6.14. The number of aliphatic hydroxyl groups is 1. The Kier molecular flexibility index (Phi) is 2.41. The zero-order valence-electron chi connectivity index (χ0n) is 12.8. The molecule has 1 heterocycles. The fourth-order valence-electron chi connectivity index (χ4n) is 5.97. The molecule has 3 nitrogen and oxygen atoms in total. The average Bonchev–Trinajstić information content (AvgIpc) is 2.87. The monoisotopic (exact) mass is 298 g/mol. The number of ether oxygens (including phenoxy) is 1. The van der Waals surface area contributed by atoms with Crippen LogP contribution in [0.5, 0.6) is 11.5 Å². The number of phenols is 1. The molecule has 2 bridgehead atoms. The second-order valence-corrected chi connectivity index (χ2v) is 7.50. The van der Waals surface area contributed by atoms with Gasteiger partial charge in [-0.05, 0) is 48.6 Å². The van der Waals surface area contributed by atoms with E-state index < -0.39 is 6.10 Å². The van der Waals surface area contributed by atoms with E-state index in [1.807, 2.05) is 6.08 Å². The van der Waals surface area contributed by atoms with Gasteiger partial charge in [-0.15, -0.1) is 0 Å². The highest BCUT2D eigenvalue weighted by Crippen LogP contribution is 2.65. The molecule has 4 aliphatic rings. The number of allylic oxidation sites excluding steroid dienone is 1. The number of benzene rings is 1. The van der Waals surface area contributed by atoms with Crippen molar-refractivity contribution in [2.75, 3.05) is 0 Å². The van der Waals surface area contributed by atoms with Crippen molar-refractivity contribution in [2.24, 2.45) is 17.8 Å². The minimum Gasteiger partial charge on any atom is -0.504 e. The molecule has 3 aliphatic carbocycles. The third kappa shape index (κ3) is 1.28. The molecule has 0 aromatic heterocycles. The third-order valence-corrected chi connectivity index (χ3v) is 6.84. The molecule has 1 saturated carbocycles. The van der Waals surface area contributed by atoms with Crippen LogP contribution in [-0.2, 0) is 11.8 Å². The molecule has 0 radical (unpaired) electrons. The van der Waals surface area contributed by atoms with E-state index in [9.17, 15) is 10.2 Å². The summed E-state index contributed by atoms with van der Waals surface area (Å²) in [6.45, 7) is 2.30. The molecule has 1 fully saturated rings. The standard InChI is InChI=1S/C19H22O3/c1-2-10-7-8-19-13-4-6-15(21)18(19)22-17-14(20)5-3-11(16(17)19)9-12(10)13/h3-6,10,12-13,15,18,20-21H,2,7-9H2,1H3/t10?,12-,13?,15-,18-,19-/m0/s1. The van der Waals surface area contributed by atoms with Gasteiger partial charge in [-0.25, -0.2) is 0 Å². The molecule has 3 heteroatoms. The molecule has 1 aromatic rings. The van der Waals surface area contributed by atoms with Crippen LogP contribution in [0.15, 0.2) is 24.3 Å². The van der Waals surface area contributed by atoms with Crippen molar-refractivity contribution >= 4 is 0 Å². The molecular formula is C19H22O3. The molecule has 1 spiro atoms. The lowest BCUT2D eigenvalue weighted by molar-refractivity contribution is -0.0431. The number of aromatic hydroxyl groups is 1. The van der Waals surface area contributed by atoms with Gasteiger partial charge < -0.3 is 14.9 Å². The molecule has 1 aromatic carbocycles. The van der Waals surface area contributed by atoms with Crippen LogP contribution in [0.1, 0.15) is 37.3 Å². The molecular weight excluding hydrogens is 276 g/mol. The number of hydrogen-bond acceptors (Lipinski definition) is 3. The van der Waals surface area contributed by atoms with E-state index in [4.69, 9.17) is 4.74 Å². The Morgan fingerprint density at radius 2 is 2.18 bits per heavy atom. The van der Waals surface area contributed by atoms with Gasteiger partial charge in [-0.2, -0.15) is 0 Å². The minimum absolute atomic E-state index is 0.119. The van der Waals surface area contributed by atoms with E-state index in [-0.39, 0.29) is 17.3 Å². The summed E-state index contributed by atoms with van der Waals surface area (Å²) in [5.74, 6) is 2.70. The highest BCUT2D eigenvalue weighted by Gasteiger charge is 2.64. The van der Waals surface area contributed by atoms with E-state index >= 15 is 0 Å². The Labute approximate surface area is 130 Å². The van der Waals surface area contributed by atoms with Crippen molar-refractivity contribution in [2.45, 2.75) is 50.2 Å². The summed E-state index contributed by atoms with van der Waals surface area (Å²) in [4.78, 5) is 0. The molecule has 0 amide bonds. The summed E-state index contributed by atoms with van der Waals surface area (Å²) >= 11 is 0. The summed E-state index contributed by atoms with van der Waals surface area (Å²) in [5.41, 5.74) is 2.42. The lowest BCUT2D eigenvalue weighted by Gasteiger charge is -2.56. The Balaban J connectivity index is 1.80. The predicted octanol–water partition coefficient (Wildman–Crippen LogP) is 2.93. The largest absolute Gasteiger partial charge is 0.504 e. The van der Waals surface area contributed by atoms with Gasteiger partial charge in [-0.3, -0.25) is 0 Å². The Bertz CT molecular complexity index is 680. The second-order valence-electron chi connectivity index (χ2n) is 7.50. The molecule has 2 unspecified atom stereocenters. The van der Waals surface area contributed by atoms with Gasteiger partial charge in [0, 0.05) is 11.0 Å². The van der Waals surface area contributed by atoms with Gasteiger partial charge in [0.25, 0.3) is 0 Å². The normalized spacial score (nSPS) is 43.6. The molecule has 116 valence electrons. The maximum absolute atomic E-state index is 10.5. The van der Waals surface area contributed by atoms with Crippen molar-refractivity contribution in [1.82, 2.24) is 0 Å². The fraction of sp³-hybridized carbons (Fsp3) is 0.579. The number of hydrogen-bond donors (Lipinski definition) is 2. The molecule has 22 heavy (non-hydrogen) atoms. The second kappa shape index (κ2) is 4.08. The van der Waals surface area contributed by atoms with E-state index in [0.29, 0.717) is 17.6 Å². The van der Waals surface area contributed by atoms with Gasteiger partial charge >= 0.3 is 0 Å². The average molecular weight is 298 g/mol. The van der Waals surface area contributed by atoms with Gasteiger partial charge in [0.2, 0.25) is 0 Å². The van der Waals surface area contributed by atoms with Crippen LogP contribution in [0, 0.1) is 17.8 Å². The first-order valence-electron chi connectivity index (χ1n) is 8.55. The summed E-state index contributed by atoms with van der Waals surface area (Å²) in [6, 6.07) is 3.84. The molecule has 6 atom stereocenters. The maximum Gasteiger partial charge on any atom is 0.165 e. The molecule has 1 aliphatic heterocycles. The lowest BCUT2D eigenvalue weighted by Crippen LogP contribution is -2.59. The maximum atomic E-state index is 10.5. The lowest BCUT2D eigenvalue weighted by atomic mass is 9.47. The fourth-order valence-corrected chi connectivity index (χ4v) is 5.97. The molecule has 5 rings (SSSR count). The number of rotatable bonds is 1. The van der Waals surface area contributed by atoms with E-state index in [1.165, 1.54) is 24.0 Å². The first-order valence-corrected chi connectivity index (χ1v) is 8.55. The zero-order valence-corrected chi connectivity index (χ0v) is 12.8. The van der Waals surface area contributed by atoms with Crippen LogP contribution in [0.25, 0.3) is 0 Å². The first-order chi connectivity index (χ1) is 10.7. The van der Waals surface area contributed by atoms with Gasteiger partial charge in [0.1, 0.15) is 12.2 Å². The van der Waals surface area contributed by atoms with Crippen molar-refractivity contribution < 1.29 is 14.9 Å². The van der Waals surface area contributed by atoms with Crippen LogP contribution in [0.2, 0.25) is 0 Å². The van der Waals surface area contributed by atoms with Crippen molar-refractivity contribution in [3.05, 3.63) is 35.4 Å². The van der Waals surface area contributed by atoms with Crippen LogP contribution in [0.4, 0.5) is 0 Å². The van der Waals surface area contributed by atoms with Crippen LogP contribution in [0.3, 0.4) is 0 Å². The molecule has 0 saturated heterocycles. The quantitative estimate of drug-likeness (QED) is 0.784. The predicted molar refractivity (Wildman–Crippen MR) is 83.0 cm³/mol. The molecule has 2 N–H and O–H groups in total. The van der Waals surface area contributed by atoms with Crippen LogP contribution < -0.4 is 4.74 Å². The Morgan fingerprint density at radius 3 is 3.00 bits per heavy atom. The van der Waals surface area contributed by atoms with Crippen LogP contribution in [-0.4, -0.2) is 22.4 Å². The minimum atomic E-state index is -0.576. The van der Waals surface area contributed by atoms with E-state index in [2.05, 4.69) is 19.1 Å². The third-order valence-electron chi connectivity index (χ3n) is 6.84. The Hall–Kier alpha value is -1.48. The van der Waals surface area contributed by atoms with E-state index in [1.54, 1.807) is 6.07 Å². The van der Waals surface area contributed by atoms with Gasteiger partial charge in [0.05, 0.1) is 0 Å². The van der Waals surface area contributed by atoms with Gasteiger partial charge in [0.15, 0.2) is 11.5 Å². The van der Waals surface area contributed by atoms with Gasteiger partial charge in [-0.1, -0.05) is 31.6 Å². The topological polar surface area (TPSA) is 49.7 Å². The zero-order chi connectivity index (χ0) is 15.1. The smallest absolute Gasteiger partial charge is 0.165 e. The van der Waals surface area contributed by atoms with E-state index in [0.717, 1.165) is 18.8 Å². The van der Waals surface area contributed by atoms with Crippen molar-refractivity contribution in [1.29, 1.82) is 0 Å². The number of aliphatic hydroxyl groups excluding tert-OH is 1. The summed E-state index contributed by atoms with van der Waals surface area (Å²) in [6.07, 6.45) is 7.92. The SMILES string of the molecule is CCC1CC[C@]23c4c5ccc(O)c4O[C@H]2[C@@H](O)C=CC3[C@H]1C5. The first kappa shape index (κ1) is 13.0. The summed E-state index contributed by atoms with van der Waals surface area (Å²) in [5, 5.41) is 20.8.